The number of nitrogens with one attached hydrogen (secondary N) is 1. The summed E-state index contributed by atoms with van der Waals surface area (Å²) >= 11 is 2.98. The third-order valence-electron chi connectivity index (χ3n) is 4.76. The summed E-state index contributed by atoms with van der Waals surface area (Å²) in [5.41, 5.74) is 2.32. The highest BCUT2D eigenvalue weighted by atomic mass is 32.2. The molecule has 0 unspecified atom stereocenters. The Bertz CT molecular complexity index is 717. The van der Waals surface area contributed by atoms with E-state index >= 15 is 0 Å². The molecule has 26 heavy (non-hydrogen) atoms. The van der Waals surface area contributed by atoms with Crippen molar-refractivity contribution in [2.75, 3.05) is 17.6 Å². The summed E-state index contributed by atoms with van der Waals surface area (Å²) in [7, 11) is 0. The number of anilines is 2. The van der Waals surface area contributed by atoms with Gasteiger partial charge >= 0.3 is 0 Å². The van der Waals surface area contributed by atoms with Crippen LogP contribution in [-0.2, 0) is 11.2 Å². The van der Waals surface area contributed by atoms with Crippen LogP contribution in [0.5, 0.6) is 0 Å². The van der Waals surface area contributed by atoms with E-state index in [4.69, 9.17) is 0 Å². The summed E-state index contributed by atoms with van der Waals surface area (Å²) in [6.07, 6.45) is 5.57. The second-order valence-electron chi connectivity index (χ2n) is 6.48. The Morgan fingerprint density at radius 1 is 1.27 bits per heavy atom. The van der Waals surface area contributed by atoms with Gasteiger partial charge in [0.05, 0.1) is 5.75 Å². The summed E-state index contributed by atoms with van der Waals surface area (Å²) in [5.74, 6) is 0.664. The van der Waals surface area contributed by atoms with Gasteiger partial charge in [-0.05, 0) is 49.8 Å². The number of hydrogen-bond acceptors (Lipinski definition) is 6. The SMILES string of the molecule is CCc1ccc(Nc2nnc(SCC(=O)N3CCCC[C@@H]3CC)s2)cc1. The number of hydrogen-bond donors (Lipinski definition) is 1. The molecule has 0 saturated carbocycles. The lowest BCUT2D eigenvalue weighted by Gasteiger charge is -2.35. The lowest BCUT2D eigenvalue weighted by atomic mass is 10.0. The molecule has 1 aliphatic rings. The Morgan fingerprint density at radius 3 is 2.81 bits per heavy atom. The zero-order valence-corrected chi connectivity index (χ0v) is 17.0. The molecule has 0 spiro atoms. The van der Waals surface area contributed by atoms with E-state index in [-0.39, 0.29) is 5.91 Å². The van der Waals surface area contributed by atoms with Gasteiger partial charge in [0, 0.05) is 18.3 Å². The maximum absolute atomic E-state index is 12.5. The van der Waals surface area contributed by atoms with E-state index < -0.39 is 0 Å². The molecule has 0 radical (unpaired) electrons. The number of benzene rings is 1. The van der Waals surface area contributed by atoms with Gasteiger partial charge in [-0.25, -0.2) is 0 Å². The maximum atomic E-state index is 12.5. The van der Waals surface area contributed by atoms with Crippen molar-refractivity contribution in [3.05, 3.63) is 29.8 Å². The van der Waals surface area contributed by atoms with Gasteiger partial charge in [-0.2, -0.15) is 0 Å². The maximum Gasteiger partial charge on any atom is 0.233 e. The first kappa shape index (κ1) is 19.2. The van der Waals surface area contributed by atoms with Crippen molar-refractivity contribution >= 4 is 39.8 Å². The number of carbonyl (C=O) groups excluding carboxylic acids is 1. The van der Waals surface area contributed by atoms with Gasteiger partial charge in [0.25, 0.3) is 0 Å². The van der Waals surface area contributed by atoms with Crippen LogP contribution in [0.15, 0.2) is 28.6 Å². The molecule has 1 atom stereocenters. The Labute approximate surface area is 163 Å². The summed E-state index contributed by atoms with van der Waals surface area (Å²) in [5, 5.41) is 12.4. The van der Waals surface area contributed by atoms with Gasteiger partial charge in [-0.1, -0.05) is 49.1 Å². The molecule has 140 valence electrons. The molecule has 0 aliphatic carbocycles. The number of rotatable bonds is 7. The highest BCUT2D eigenvalue weighted by Gasteiger charge is 2.25. The average Bonchev–Trinajstić information content (AvgIpc) is 3.14. The van der Waals surface area contributed by atoms with Crippen molar-refractivity contribution in [1.82, 2.24) is 15.1 Å². The molecule has 0 bridgehead atoms. The van der Waals surface area contributed by atoms with Crippen LogP contribution in [0.3, 0.4) is 0 Å². The molecular weight excluding hydrogens is 364 g/mol. The van der Waals surface area contributed by atoms with E-state index in [2.05, 4.69) is 58.5 Å². The lowest BCUT2D eigenvalue weighted by Crippen LogP contribution is -2.44. The zero-order valence-electron chi connectivity index (χ0n) is 15.4. The second kappa shape index (κ2) is 9.37. The van der Waals surface area contributed by atoms with Crippen molar-refractivity contribution in [3.8, 4) is 0 Å². The minimum atomic E-state index is 0.224. The van der Waals surface area contributed by atoms with E-state index in [1.807, 2.05) is 0 Å². The number of nitrogens with zero attached hydrogens (tertiary/aromatic N) is 3. The van der Waals surface area contributed by atoms with E-state index in [0.717, 1.165) is 47.4 Å². The monoisotopic (exact) mass is 390 g/mol. The van der Waals surface area contributed by atoms with E-state index in [9.17, 15) is 4.79 Å². The van der Waals surface area contributed by atoms with Crippen LogP contribution in [-0.4, -0.2) is 39.3 Å². The van der Waals surface area contributed by atoms with Crippen LogP contribution in [0.25, 0.3) is 0 Å². The number of likely N-dealkylation sites (tertiary alicyclic amines) is 1. The highest BCUT2D eigenvalue weighted by molar-refractivity contribution is 8.01. The smallest absolute Gasteiger partial charge is 0.233 e. The molecule has 1 fully saturated rings. The number of aromatic nitrogens is 2. The van der Waals surface area contributed by atoms with Gasteiger partial charge in [0.2, 0.25) is 11.0 Å². The van der Waals surface area contributed by atoms with Crippen LogP contribution in [0.1, 0.15) is 45.1 Å². The molecule has 1 aromatic heterocycles. The van der Waals surface area contributed by atoms with Gasteiger partial charge in [-0.15, -0.1) is 10.2 Å². The van der Waals surface area contributed by atoms with E-state index in [1.54, 1.807) is 0 Å². The fraction of sp³-hybridized carbons (Fsp3) is 0.526. The number of amides is 1. The minimum absolute atomic E-state index is 0.224. The van der Waals surface area contributed by atoms with Crippen LogP contribution in [0.4, 0.5) is 10.8 Å². The third kappa shape index (κ3) is 4.98. The van der Waals surface area contributed by atoms with Crippen molar-refractivity contribution in [2.24, 2.45) is 0 Å². The summed E-state index contributed by atoms with van der Waals surface area (Å²) in [4.78, 5) is 14.6. The number of thioether (sulfide) groups is 1. The zero-order chi connectivity index (χ0) is 18.4. The molecule has 3 rings (SSSR count). The molecule has 1 amide bonds. The first-order valence-corrected chi connectivity index (χ1v) is 11.1. The topological polar surface area (TPSA) is 58.1 Å². The molecule has 1 aliphatic heterocycles. The molecule has 1 aromatic carbocycles. The van der Waals surface area contributed by atoms with Crippen molar-refractivity contribution in [2.45, 2.75) is 56.3 Å². The molecule has 2 aromatic rings. The minimum Gasteiger partial charge on any atom is -0.339 e. The Kier molecular flexibility index (Phi) is 6.91. The third-order valence-corrected chi connectivity index (χ3v) is 6.71. The van der Waals surface area contributed by atoms with E-state index in [0.29, 0.717) is 11.8 Å². The summed E-state index contributed by atoms with van der Waals surface area (Å²) in [6, 6.07) is 8.74. The first-order valence-electron chi connectivity index (χ1n) is 9.31. The second-order valence-corrected chi connectivity index (χ2v) is 8.68. The van der Waals surface area contributed by atoms with E-state index in [1.165, 1.54) is 35.1 Å². The quantitative estimate of drug-likeness (QED) is 0.693. The van der Waals surface area contributed by atoms with Crippen molar-refractivity contribution < 1.29 is 4.79 Å². The van der Waals surface area contributed by atoms with Crippen LogP contribution >= 0.6 is 23.1 Å². The standard InChI is InChI=1S/C19H26N4OS2/c1-3-14-8-10-15(11-9-14)20-18-21-22-19(26-18)25-13-17(24)23-12-6-5-7-16(23)4-2/h8-11,16H,3-7,12-13H2,1-2H3,(H,20,21)/t16-/m0/s1. The van der Waals surface area contributed by atoms with Crippen molar-refractivity contribution in [1.29, 1.82) is 0 Å². The van der Waals surface area contributed by atoms with Gasteiger partial charge in [-0.3, -0.25) is 4.79 Å². The average molecular weight is 391 g/mol. The lowest BCUT2D eigenvalue weighted by molar-refractivity contribution is -0.132. The normalized spacial score (nSPS) is 17.3. The number of aryl methyl sites for hydroxylation is 1. The fourth-order valence-electron chi connectivity index (χ4n) is 3.23. The molecule has 5 nitrogen and oxygen atoms in total. The Hall–Kier alpha value is -1.60. The predicted octanol–water partition coefficient (Wildman–Crippen LogP) is 4.73. The number of piperidine rings is 1. The van der Waals surface area contributed by atoms with Crippen molar-refractivity contribution in [3.63, 3.8) is 0 Å². The number of carbonyl (C=O) groups is 1. The highest BCUT2D eigenvalue weighted by Crippen LogP contribution is 2.29. The van der Waals surface area contributed by atoms with Crippen LogP contribution in [0, 0.1) is 0 Å². The molecule has 1 saturated heterocycles. The van der Waals surface area contributed by atoms with Gasteiger partial charge in [0.15, 0.2) is 4.34 Å². The van der Waals surface area contributed by atoms with Crippen LogP contribution < -0.4 is 5.32 Å². The summed E-state index contributed by atoms with van der Waals surface area (Å²) < 4.78 is 0.830. The molecule has 1 N–H and O–H groups in total. The molecular formula is C19H26N4OS2. The Balaban J connectivity index is 1.52. The van der Waals surface area contributed by atoms with Gasteiger partial charge in [0.1, 0.15) is 0 Å². The first-order chi connectivity index (χ1) is 12.7. The Morgan fingerprint density at radius 2 is 2.08 bits per heavy atom. The van der Waals surface area contributed by atoms with Gasteiger partial charge < -0.3 is 10.2 Å². The van der Waals surface area contributed by atoms with Crippen LogP contribution in [0.2, 0.25) is 0 Å². The molecule has 2 heterocycles. The molecule has 7 heteroatoms. The fourth-order valence-corrected chi connectivity index (χ4v) is 4.88. The predicted molar refractivity (Wildman–Crippen MR) is 109 cm³/mol. The largest absolute Gasteiger partial charge is 0.339 e. The summed E-state index contributed by atoms with van der Waals surface area (Å²) in [6.45, 7) is 5.21.